The summed E-state index contributed by atoms with van der Waals surface area (Å²) in [6.07, 6.45) is -3.62. The zero-order chi connectivity index (χ0) is 21.3. The third-order valence-corrected chi connectivity index (χ3v) is 4.77. The van der Waals surface area contributed by atoms with Gasteiger partial charge in [-0.1, -0.05) is 12.1 Å². The van der Waals surface area contributed by atoms with Gasteiger partial charge in [-0.05, 0) is 49.7 Å². The molecular weight excluding hydrogens is 388 g/mol. The molecule has 8 heteroatoms. The molecule has 1 aromatic carbocycles. The molecule has 0 aliphatic heterocycles. The van der Waals surface area contributed by atoms with E-state index in [0.29, 0.717) is 23.9 Å². The number of carbonyl (C=O) groups excluding carboxylic acids is 1. The third kappa shape index (κ3) is 4.31. The molecule has 3 aromatic rings. The Morgan fingerprint density at radius 2 is 1.72 bits per heavy atom. The van der Waals surface area contributed by atoms with Crippen molar-refractivity contribution >= 4 is 5.78 Å². The van der Waals surface area contributed by atoms with Crippen LogP contribution in [0.15, 0.2) is 53.5 Å². The third-order valence-electron chi connectivity index (χ3n) is 4.77. The average Bonchev–Trinajstić information content (AvgIpc) is 2.92. The molecule has 29 heavy (non-hydrogen) atoms. The minimum Gasteiger partial charge on any atom is -0.344 e. The number of pyridine rings is 1. The number of alkyl halides is 3. The van der Waals surface area contributed by atoms with Gasteiger partial charge in [-0.25, -0.2) is 4.39 Å². The van der Waals surface area contributed by atoms with E-state index in [9.17, 15) is 27.2 Å². The van der Waals surface area contributed by atoms with Gasteiger partial charge in [-0.2, -0.15) is 13.2 Å². The molecule has 2 aromatic heterocycles. The smallest absolute Gasteiger partial charge is 0.344 e. The Kier molecular flexibility index (Phi) is 5.46. The van der Waals surface area contributed by atoms with E-state index in [1.165, 1.54) is 12.1 Å². The van der Waals surface area contributed by atoms with Crippen LogP contribution in [0.5, 0.6) is 0 Å². The van der Waals surface area contributed by atoms with E-state index in [0.717, 1.165) is 28.1 Å². The number of carbonyl (C=O) groups is 1. The van der Waals surface area contributed by atoms with Crippen LogP contribution in [0.4, 0.5) is 17.6 Å². The summed E-state index contributed by atoms with van der Waals surface area (Å²) >= 11 is 0. The molecule has 0 saturated carbocycles. The van der Waals surface area contributed by atoms with Crippen molar-refractivity contribution < 1.29 is 22.4 Å². The van der Waals surface area contributed by atoms with Gasteiger partial charge in [0.25, 0.3) is 5.56 Å². The van der Waals surface area contributed by atoms with E-state index < -0.39 is 29.6 Å². The Bertz CT molecular complexity index is 1110. The average molecular weight is 406 g/mol. The lowest BCUT2D eigenvalue weighted by atomic mass is 10.1. The van der Waals surface area contributed by atoms with Gasteiger partial charge in [0.2, 0.25) is 0 Å². The molecule has 0 fully saturated rings. The van der Waals surface area contributed by atoms with E-state index in [1.807, 2.05) is 4.57 Å². The number of ketones is 1. The van der Waals surface area contributed by atoms with Crippen LogP contribution < -0.4 is 5.56 Å². The SMILES string of the molecule is Cc1cc(C(=O)Cn2cccc(C(F)(F)F)c2=O)c(C)n1Cc1ccc(F)cc1. The van der Waals surface area contributed by atoms with Crippen molar-refractivity contribution in [3.05, 3.63) is 92.9 Å². The lowest BCUT2D eigenvalue weighted by molar-refractivity contribution is -0.138. The molecule has 0 aliphatic carbocycles. The largest absolute Gasteiger partial charge is 0.421 e. The standard InChI is InChI=1S/C21H18F4N2O2/c1-13-10-17(14(2)27(13)11-15-5-7-16(22)8-6-15)19(28)12-26-9-3-4-18(20(26)29)21(23,24)25/h3-10H,11-12H2,1-2H3. The maximum Gasteiger partial charge on any atom is 0.421 e. The van der Waals surface area contributed by atoms with Gasteiger partial charge in [0.05, 0.1) is 6.54 Å². The van der Waals surface area contributed by atoms with Crippen molar-refractivity contribution in [3.8, 4) is 0 Å². The van der Waals surface area contributed by atoms with Gasteiger partial charge in [0.15, 0.2) is 5.78 Å². The number of rotatable bonds is 5. The minimum atomic E-state index is -4.78. The Hall–Kier alpha value is -3.16. The molecule has 152 valence electrons. The Labute approximate surface area is 164 Å². The normalized spacial score (nSPS) is 11.7. The number of aromatic nitrogens is 2. The molecule has 0 radical (unpaired) electrons. The number of halogens is 4. The first-order valence-corrected chi connectivity index (χ1v) is 8.79. The topological polar surface area (TPSA) is 44.0 Å². The second-order valence-corrected chi connectivity index (χ2v) is 6.77. The van der Waals surface area contributed by atoms with Gasteiger partial charge in [0, 0.05) is 29.7 Å². The van der Waals surface area contributed by atoms with Crippen molar-refractivity contribution in [1.29, 1.82) is 0 Å². The summed E-state index contributed by atoms with van der Waals surface area (Å²) in [6, 6.07) is 9.38. The Morgan fingerprint density at radius 1 is 1.07 bits per heavy atom. The van der Waals surface area contributed by atoms with Gasteiger partial charge in [-0.15, -0.1) is 0 Å². The predicted molar refractivity (Wildman–Crippen MR) is 99.4 cm³/mol. The highest BCUT2D eigenvalue weighted by Gasteiger charge is 2.34. The molecule has 0 unspecified atom stereocenters. The number of hydrogen-bond donors (Lipinski definition) is 0. The van der Waals surface area contributed by atoms with E-state index in [2.05, 4.69) is 0 Å². The number of benzene rings is 1. The fourth-order valence-corrected chi connectivity index (χ4v) is 3.22. The Morgan fingerprint density at radius 3 is 2.34 bits per heavy atom. The van der Waals surface area contributed by atoms with Gasteiger partial charge >= 0.3 is 6.18 Å². The monoisotopic (exact) mass is 406 g/mol. The molecule has 4 nitrogen and oxygen atoms in total. The zero-order valence-electron chi connectivity index (χ0n) is 15.8. The molecular formula is C21H18F4N2O2. The Balaban J connectivity index is 1.88. The summed E-state index contributed by atoms with van der Waals surface area (Å²) in [5.74, 6) is -0.818. The summed E-state index contributed by atoms with van der Waals surface area (Å²) < 4.78 is 54.5. The summed E-state index contributed by atoms with van der Waals surface area (Å²) in [5, 5.41) is 0. The van der Waals surface area contributed by atoms with Crippen molar-refractivity contribution in [2.24, 2.45) is 0 Å². The number of aryl methyl sites for hydroxylation is 1. The van der Waals surface area contributed by atoms with Crippen molar-refractivity contribution in [1.82, 2.24) is 9.13 Å². The molecule has 0 spiro atoms. The lowest BCUT2D eigenvalue weighted by Crippen LogP contribution is -2.30. The van der Waals surface area contributed by atoms with Crippen LogP contribution in [0.1, 0.15) is 32.9 Å². The van der Waals surface area contributed by atoms with Gasteiger partial charge in [0.1, 0.15) is 11.4 Å². The van der Waals surface area contributed by atoms with Crippen LogP contribution in [-0.4, -0.2) is 14.9 Å². The summed E-state index contributed by atoms with van der Waals surface area (Å²) in [6.45, 7) is 3.43. The minimum absolute atomic E-state index is 0.328. The van der Waals surface area contributed by atoms with Crippen LogP contribution in [0.2, 0.25) is 0 Å². The van der Waals surface area contributed by atoms with Crippen LogP contribution in [0.3, 0.4) is 0 Å². The quantitative estimate of drug-likeness (QED) is 0.467. The first kappa shape index (κ1) is 20.6. The van der Waals surface area contributed by atoms with Crippen LogP contribution in [0, 0.1) is 19.7 Å². The fraction of sp³-hybridized carbons (Fsp3) is 0.238. The highest BCUT2D eigenvalue weighted by molar-refractivity contribution is 5.97. The zero-order valence-corrected chi connectivity index (χ0v) is 15.8. The highest BCUT2D eigenvalue weighted by atomic mass is 19.4. The van der Waals surface area contributed by atoms with Crippen molar-refractivity contribution in [3.63, 3.8) is 0 Å². The van der Waals surface area contributed by atoms with E-state index in [1.54, 1.807) is 32.0 Å². The van der Waals surface area contributed by atoms with Gasteiger partial charge in [-0.3, -0.25) is 9.59 Å². The van der Waals surface area contributed by atoms with Crippen LogP contribution in [0.25, 0.3) is 0 Å². The van der Waals surface area contributed by atoms with Crippen molar-refractivity contribution in [2.75, 3.05) is 0 Å². The fourth-order valence-electron chi connectivity index (χ4n) is 3.22. The highest BCUT2D eigenvalue weighted by Crippen LogP contribution is 2.26. The molecule has 0 amide bonds. The lowest BCUT2D eigenvalue weighted by Gasteiger charge is -2.11. The van der Waals surface area contributed by atoms with Crippen LogP contribution in [-0.2, 0) is 19.3 Å². The van der Waals surface area contributed by atoms with E-state index in [-0.39, 0.29) is 5.82 Å². The molecule has 0 N–H and O–H groups in total. The molecule has 0 atom stereocenters. The van der Waals surface area contributed by atoms with Crippen LogP contribution >= 0.6 is 0 Å². The number of Topliss-reactive ketones (excluding diaryl/α,β-unsaturated/α-hetero) is 1. The summed E-state index contributed by atoms with van der Waals surface area (Å²) in [5.41, 5.74) is -0.0123. The molecule has 3 rings (SSSR count). The molecule has 0 bridgehead atoms. The van der Waals surface area contributed by atoms with E-state index in [4.69, 9.17) is 0 Å². The number of nitrogens with zero attached hydrogens (tertiary/aromatic N) is 2. The molecule has 2 heterocycles. The molecule has 0 saturated heterocycles. The predicted octanol–water partition coefficient (Wildman–Crippen LogP) is 4.36. The summed E-state index contributed by atoms with van der Waals surface area (Å²) in [4.78, 5) is 24.8. The second kappa shape index (κ2) is 7.69. The summed E-state index contributed by atoms with van der Waals surface area (Å²) in [7, 11) is 0. The maximum absolute atomic E-state index is 13.1. The van der Waals surface area contributed by atoms with Crippen molar-refractivity contribution in [2.45, 2.75) is 33.1 Å². The first-order chi connectivity index (χ1) is 13.6. The molecule has 0 aliphatic rings. The number of hydrogen-bond acceptors (Lipinski definition) is 2. The first-order valence-electron chi connectivity index (χ1n) is 8.79. The maximum atomic E-state index is 13.1. The van der Waals surface area contributed by atoms with E-state index >= 15 is 0 Å². The van der Waals surface area contributed by atoms with Gasteiger partial charge < -0.3 is 9.13 Å². The second-order valence-electron chi connectivity index (χ2n) is 6.77.